The van der Waals surface area contributed by atoms with Crippen LogP contribution in [0.1, 0.15) is 12.5 Å². The highest BCUT2D eigenvalue weighted by Crippen LogP contribution is 2.21. The second-order valence-electron chi connectivity index (χ2n) is 3.93. The molecule has 3 nitrogen and oxygen atoms in total. The van der Waals surface area contributed by atoms with Gasteiger partial charge in [-0.25, -0.2) is 4.39 Å². The number of ether oxygens (including phenoxy) is 1. The molecule has 0 aromatic heterocycles. The second kappa shape index (κ2) is 5.82. The molecule has 0 saturated carbocycles. The summed E-state index contributed by atoms with van der Waals surface area (Å²) in [6.07, 6.45) is 0. The fourth-order valence-corrected chi connectivity index (χ4v) is 1.44. The van der Waals surface area contributed by atoms with Crippen LogP contribution >= 0.6 is 0 Å². The van der Waals surface area contributed by atoms with Crippen molar-refractivity contribution in [2.75, 3.05) is 20.7 Å². The SMILES string of the molecule is COc1cccc(CN(C)C(C)CN)c1F. The first kappa shape index (κ1) is 12.9. The number of benzene rings is 1. The lowest BCUT2D eigenvalue weighted by molar-refractivity contribution is 0.250. The van der Waals surface area contributed by atoms with Gasteiger partial charge in [0.1, 0.15) is 0 Å². The number of hydrogen-bond donors (Lipinski definition) is 1. The van der Waals surface area contributed by atoms with E-state index >= 15 is 0 Å². The molecular formula is C12H19FN2O. The molecule has 4 heteroatoms. The summed E-state index contributed by atoms with van der Waals surface area (Å²) in [5.74, 6) is -0.00706. The van der Waals surface area contributed by atoms with Gasteiger partial charge >= 0.3 is 0 Å². The van der Waals surface area contributed by atoms with Gasteiger partial charge in [-0.3, -0.25) is 4.90 Å². The minimum atomic E-state index is -0.291. The molecule has 1 aromatic carbocycles. The average Bonchev–Trinajstić information content (AvgIpc) is 2.30. The Bertz CT molecular complexity index is 344. The van der Waals surface area contributed by atoms with Crippen LogP contribution in [-0.2, 0) is 6.54 Å². The predicted molar refractivity (Wildman–Crippen MR) is 62.9 cm³/mol. The number of halogens is 1. The van der Waals surface area contributed by atoms with E-state index in [1.165, 1.54) is 7.11 Å². The molecule has 0 spiro atoms. The molecule has 1 atom stereocenters. The molecule has 16 heavy (non-hydrogen) atoms. The zero-order chi connectivity index (χ0) is 12.1. The van der Waals surface area contributed by atoms with Crippen LogP contribution in [0.3, 0.4) is 0 Å². The minimum absolute atomic E-state index is 0.227. The molecule has 1 unspecified atom stereocenters. The summed E-state index contributed by atoms with van der Waals surface area (Å²) in [4.78, 5) is 2.01. The first-order valence-corrected chi connectivity index (χ1v) is 5.31. The van der Waals surface area contributed by atoms with Crippen molar-refractivity contribution >= 4 is 0 Å². The van der Waals surface area contributed by atoms with Crippen LogP contribution in [0.4, 0.5) is 4.39 Å². The zero-order valence-electron chi connectivity index (χ0n) is 10.0. The Morgan fingerprint density at radius 2 is 2.19 bits per heavy atom. The summed E-state index contributed by atoms with van der Waals surface area (Å²) in [6.45, 7) is 3.10. The second-order valence-corrected chi connectivity index (χ2v) is 3.93. The van der Waals surface area contributed by atoms with Crippen molar-refractivity contribution in [1.82, 2.24) is 4.90 Å². The van der Waals surface area contributed by atoms with Gasteiger partial charge in [0.2, 0.25) is 0 Å². The number of nitrogens with two attached hydrogens (primary N) is 1. The van der Waals surface area contributed by atoms with Crippen molar-refractivity contribution < 1.29 is 9.13 Å². The van der Waals surface area contributed by atoms with Crippen LogP contribution in [0.15, 0.2) is 18.2 Å². The normalized spacial score (nSPS) is 12.9. The highest BCUT2D eigenvalue weighted by atomic mass is 19.1. The van der Waals surface area contributed by atoms with Crippen LogP contribution in [0.25, 0.3) is 0 Å². The molecule has 0 heterocycles. The number of rotatable bonds is 5. The molecule has 0 bridgehead atoms. The van der Waals surface area contributed by atoms with Crippen LogP contribution in [-0.4, -0.2) is 31.6 Å². The zero-order valence-corrected chi connectivity index (χ0v) is 10.0. The molecule has 0 saturated heterocycles. The molecule has 1 aromatic rings. The maximum Gasteiger partial charge on any atom is 0.169 e. The van der Waals surface area contributed by atoms with Crippen molar-refractivity contribution in [1.29, 1.82) is 0 Å². The van der Waals surface area contributed by atoms with E-state index < -0.39 is 0 Å². The lowest BCUT2D eigenvalue weighted by Crippen LogP contribution is -2.34. The topological polar surface area (TPSA) is 38.5 Å². The Hall–Kier alpha value is -1.13. The molecular weight excluding hydrogens is 207 g/mol. The molecule has 0 radical (unpaired) electrons. The average molecular weight is 226 g/mol. The highest BCUT2D eigenvalue weighted by molar-refractivity contribution is 5.30. The van der Waals surface area contributed by atoms with Gasteiger partial charge in [-0.05, 0) is 20.0 Å². The van der Waals surface area contributed by atoms with E-state index in [2.05, 4.69) is 0 Å². The van der Waals surface area contributed by atoms with Gasteiger partial charge in [-0.2, -0.15) is 0 Å². The summed E-state index contributed by atoms with van der Waals surface area (Å²) >= 11 is 0. The third-order valence-electron chi connectivity index (χ3n) is 2.78. The fourth-order valence-electron chi connectivity index (χ4n) is 1.44. The van der Waals surface area contributed by atoms with Gasteiger partial charge in [-0.1, -0.05) is 12.1 Å². The van der Waals surface area contributed by atoms with Crippen LogP contribution in [0.5, 0.6) is 5.75 Å². The Balaban J connectivity index is 2.81. The van der Waals surface area contributed by atoms with E-state index in [1.807, 2.05) is 18.9 Å². The summed E-state index contributed by atoms with van der Waals surface area (Å²) in [6, 6.07) is 5.40. The molecule has 0 amide bonds. The summed E-state index contributed by atoms with van der Waals surface area (Å²) in [7, 11) is 3.39. The fraction of sp³-hybridized carbons (Fsp3) is 0.500. The quantitative estimate of drug-likeness (QED) is 0.829. The maximum atomic E-state index is 13.8. The smallest absolute Gasteiger partial charge is 0.169 e. The lowest BCUT2D eigenvalue weighted by atomic mass is 10.1. The van der Waals surface area contributed by atoms with Crippen LogP contribution in [0.2, 0.25) is 0 Å². The number of likely N-dealkylation sites (N-methyl/N-ethyl adjacent to an activating group) is 1. The van der Waals surface area contributed by atoms with Crippen LogP contribution in [0, 0.1) is 5.82 Å². The summed E-state index contributed by atoms with van der Waals surface area (Å²) in [5, 5.41) is 0. The van der Waals surface area contributed by atoms with Crippen molar-refractivity contribution in [2.45, 2.75) is 19.5 Å². The van der Waals surface area contributed by atoms with Crippen molar-refractivity contribution in [3.63, 3.8) is 0 Å². The van der Waals surface area contributed by atoms with E-state index in [-0.39, 0.29) is 17.6 Å². The maximum absolute atomic E-state index is 13.8. The predicted octanol–water partition coefficient (Wildman–Crippen LogP) is 1.61. The van der Waals surface area contributed by atoms with E-state index in [9.17, 15) is 4.39 Å². The van der Waals surface area contributed by atoms with Gasteiger partial charge in [0.05, 0.1) is 7.11 Å². The Morgan fingerprint density at radius 1 is 1.50 bits per heavy atom. The molecule has 0 fully saturated rings. The van der Waals surface area contributed by atoms with Gasteiger partial charge in [-0.15, -0.1) is 0 Å². The third kappa shape index (κ3) is 2.93. The third-order valence-corrected chi connectivity index (χ3v) is 2.78. The largest absolute Gasteiger partial charge is 0.494 e. The molecule has 90 valence electrons. The van der Waals surface area contributed by atoms with E-state index in [4.69, 9.17) is 10.5 Å². The number of methoxy groups -OCH3 is 1. The van der Waals surface area contributed by atoms with Crippen molar-refractivity contribution in [2.24, 2.45) is 5.73 Å². The standard InChI is InChI=1S/C12H19FN2O/c1-9(7-14)15(2)8-10-5-4-6-11(16-3)12(10)13/h4-6,9H,7-8,14H2,1-3H3. The molecule has 0 aliphatic heterocycles. The highest BCUT2D eigenvalue weighted by Gasteiger charge is 2.13. The number of nitrogens with zero attached hydrogens (tertiary/aromatic N) is 1. The first-order valence-electron chi connectivity index (χ1n) is 5.31. The van der Waals surface area contributed by atoms with Crippen LogP contribution < -0.4 is 10.5 Å². The van der Waals surface area contributed by atoms with Gasteiger partial charge in [0, 0.05) is 24.7 Å². The van der Waals surface area contributed by atoms with E-state index in [0.29, 0.717) is 18.7 Å². The van der Waals surface area contributed by atoms with E-state index in [0.717, 1.165) is 0 Å². The first-order chi connectivity index (χ1) is 7.60. The van der Waals surface area contributed by atoms with E-state index in [1.54, 1.807) is 18.2 Å². The Kier molecular flexibility index (Phi) is 4.71. The number of hydrogen-bond acceptors (Lipinski definition) is 3. The van der Waals surface area contributed by atoms with Gasteiger partial charge in [0.15, 0.2) is 11.6 Å². The van der Waals surface area contributed by atoms with Crippen molar-refractivity contribution in [3.05, 3.63) is 29.6 Å². The summed E-state index contributed by atoms with van der Waals surface area (Å²) in [5.41, 5.74) is 6.19. The van der Waals surface area contributed by atoms with Gasteiger partial charge in [0.25, 0.3) is 0 Å². The van der Waals surface area contributed by atoms with Gasteiger partial charge < -0.3 is 10.5 Å². The molecule has 1 rings (SSSR count). The summed E-state index contributed by atoms with van der Waals surface area (Å²) < 4.78 is 18.8. The van der Waals surface area contributed by atoms with Crippen molar-refractivity contribution in [3.8, 4) is 5.75 Å². The monoisotopic (exact) mass is 226 g/mol. The molecule has 2 N–H and O–H groups in total. The Morgan fingerprint density at radius 3 is 2.75 bits per heavy atom. The minimum Gasteiger partial charge on any atom is -0.494 e. The lowest BCUT2D eigenvalue weighted by Gasteiger charge is -2.23. The molecule has 0 aliphatic carbocycles. The molecule has 0 aliphatic rings. The Labute approximate surface area is 96.0 Å².